The lowest BCUT2D eigenvalue weighted by Gasteiger charge is -2.34. The van der Waals surface area contributed by atoms with Gasteiger partial charge in [-0.05, 0) is 30.9 Å². The number of para-hydroxylation sites is 1. The number of hydrogen-bond donors (Lipinski definition) is 2. The van der Waals surface area contributed by atoms with Gasteiger partial charge in [0, 0.05) is 36.3 Å². The van der Waals surface area contributed by atoms with Gasteiger partial charge in [0.05, 0.1) is 0 Å². The number of nitrogen functional groups attached to an aromatic ring is 1. The third-order valence-corrected chi connectivity index (χ3v) is 5.09. The van der Waals surface area contributed by atoms with Gasteiger partial charge in [-0.2, -0.15) is 0 Å². The van der Waals surface area contributed by atoms with Crippen LogP contribution in [0.5, 0.6) is 0 Å². The zero-order chi connectivity index (χ0) is 20.4. The van der Waals surface area contributed by atoms with Gasteiger partial charge >= 0.3 is 6.03 Å². The Hall–Kier alpha value is -1.97. The van der Waals surface area contributed by atoms with Crippen LogP contribution in [-0.2, 0) is 0 Å². The first kappa shape index (κ1) is 23.1. The van der Waals surface area contributed by atoms with Crippen LogP contribution >= 0.6 is 0 Å². The number of nitrogens with one attached hydrogen (secondary N) is 1. The molecular weight excluding hydrogens is 334 g/mol. The van der Waals surface area contributed by atoms with Gasteiger partial charge in [-0.25, -0.2) is 4.79 Å². The van der Waals surface area contributed by atoms with Gasteiger partial charge in [-0.1, -0.05) is 71.7 Å². The van der Waals surface area contributed by atoms with Gasteiger partial charge in [0.2, 0.25) is 0 Å². The highest BCUT2D eigenvalue weighted by Crippen LogP contribution is 2.38. The fourth-order valence-corrected chi connectivity index (χ4v) is 3.56. The fraction of sp³-hybridized carbons (Fsp3) is 0.609. The van der Waals surface area contributed by atoms with E-state index in [4.69, 9.17) is 5.73 Å². The Morgan fingerprint density at radius 1 is 1.26 bits per heavy atom. The number of allylic oxidation sites excluding steroid dienone is 1. The van der Waals surface area contributed by atoms with Crippen LogP contribution in [0.2, 0.25) is 0 Å². The number of anilines is 1. The highest BCUT2D eigenvalue weighted by atomic mass is 16.2. The van der Waals surface area contributed by atoms with Crippen LogP contribution in [0.25, 0.3) is 5.57 Å². The van der Waals surface area contributed by atoms with E-state index in [1.165, 1.54) is 5.57 Å². The van der Waals surface area contributed by atoms with E-state index < -0.39 is 0 Å². The molecule has 0 aliphatic rings. The minimum Gasteiger partial charge on any atom is -0.398 e. The normalized spacial score (nSPS) is 13.3. The second kappa shape index (κ2) is 11.0. The average Bonchev–Trinajstić information content (AvgIpc) is 2.63. The van der Waals surface area contributed by atoms with Crippen LogP contribution in [0.1, 0.15) is 72.3 Å². The molecule has 0 saturated carbocycles. The Kier molecular flexibility index (Phi) is 9.40. The van der Waals surface area contributed by atoms with E-state index in [0.29, 0.717) is 6.54 Å². The van der Waals surface area contributed by atoms with Gasteiger partial charge in [0.15, 0.2) is 0 Å². The van der Waals surface area contributed by atoms with Crippen molar-refractivity contribution in [1.29, 1.82) is 0 Å². The molecule has 1 aromatic carbocycles. The van der Waals surface area contributed by atoms with Gasteiger partial charge in [0.1, 0.15) is 0 Å². The topological polar surface area (TPSA) is 58.4 Å². The predicted molar refractivity (Wildman–Crippen MR) is 118 cm³/mol. The van der Waals surface area contributed by atoms with Crippen molar-refractivity contribution in [2.45, 2.75) is 72.8 Å². The largest absolute Gasteiger partial charge is 0.398 e. The summed E-state index contributed by atoms with van der Waals surface area (Å²) in [6.45, 7) is 11.4. The first-order chi connectivity index (χ1) is 12.8. The monoisotopic (exact) mass is 373 g/mol. The first-order valence-electron chi connectivity index (χ1n) is 10.3. The number of nitrogens with two attached hydrogens (primary N) is 1. The van der Waals surface area contributed by atoms with Gasteiger partial charge in [0.25, 0.3) is 0 Å². The molecule has 27 heavy (non-hydrogen) atoms. The lowest BCUT2D eigenvalue weighted by molar-refractivity contribution is 0.191. The number of unbranched alkanes of at least 4 members (excludes halogenated alkanes) is 1. The van der Waals surface area contributed by atoms with E-state index in [9.17, 15) is 4.79 Å². The maximum absolute atomic E-state index is 12.7. The van der Waals surface area contributed by atoms with E-state index in [2.05, 4.69) is 52.1 Å². The highest BCUT2D eigenvalue weighted by Gasteiger charge is 2.29. The Bertz CT molecular complexity index is 622. The third kappa shape index (κ3) is 6.93. The molecule has 1 atom stereocenters. The molecule has 1 unspecified atom stereocenters. The minimum atomic E-state index is -0.206. The summed E-state index contributed by atoms with van der Waals surface area (Å²) in [5.74, 6) is 0. The van der Waals surface area contributed by atoms with Crippen molar-refractivity contribution in [3.05, 3.63) is 35.9 Å². The molecule has 0 aliphatic carbocycles. The molecule has 3 N–H and O–H groups in total. The Labute approximate surface area is 166 Å². The average molecular weight is 374 g/mol. The summed E-state index contributed by atoms with van der Waals surface area (Å²) >= 11 is 0. The van der Waals surface area contributed by atoms with Gasteiger partial charge in [-0.3, -0.25) is 0 Å². The summed E-state index contributed by atoms with van der Waals surface area (Å²) in [7, 11) is 1.88. The number of carbonyl (C=O) groups is 1. The first-order valence-corrected chi connectivity index (χ1v) is 10.3. The van der Waals surface area contributed by atoms with E-state index in [1.54, 1.807) is 4.90 Å². The molecule has 0 radical (unpaired) electrons. The van der Waals surface area contributed by atoms with Crippen LogP contribution < -0.4 is 11.1 Å². The number of nitrogens with zero attached hydrogens (tertiary/aromatic N) is 1. The highest BCUT2D eigenvalue weighted by molar-refractivity contribution is 5.79. The lowest BCUT2D eigenvalue weighted by Crippen LogP contribution is -2.46. The number of hydrogen-bond acceptors (Lipinski definition) is 2. The van der Waals surface area contributed by atoms with Crippen LogP contribution in [0.4, 0.5) is 10.5 Å². The van der Waals surface area contributed by atoms with Crippen molar-refractivity contribution < 1.29 is 4.79 Å². The maximum atomic E-state index is 12.7. The standard InChI is InChI=1S/C23H39N3O/c1-7-10-14-18(9-3)25-22(27)26(6)17-23(4,5)20(13-8-2)19-15-11-12-16-21(19)24/h11-13,15-16,18H,7-10,14,17,24H2,1-6H3,(H,25,27)/b20-13-. The van der Waals surface area contributed by atoms with Crippen molar-refractivity contribution >= 4 is 17.3 Å². The Morgan fingerprint density at radius 2 is 1.93 bits per heavy atom. The number of urea groups is 1. The molecule has 0 heterocycles. The van der Waals surface area contributed by atoms with Crippen LogP contribution in [0.15, 0.2) is 30.3 Å². The van der Waals surface area contributed by atoms with Crippen LogP contribution in [0, 0.1) is 5.41 Å². The molecular formula is C23H39N3O. The Balaban J connectivity index is 2.91. The fourth-order valence-electron chi connectivity index (χ4n) is 3.56. The zero-order valence-electron chi connectivity index (χ0n) is 18.1. The minimum absolute atomic E-state index is 0.00269. The molecule has 0 fully saturated rings. The van der Waals surface area contributed by atoms with Crippen molar-refractivity contribution in [3.63, 3.8) is 0 Å². The number of amides is 2. The summed E-state index contributed by atoms with van der Waals surface area (Å²) in [5, 5.41) is 3.19. The number of benzene rings is 1. The molecule has 4 nitrogen and oxygen atoms in total. The summed E-state index contributed by atoms with van der Waals surface area (Å²) in [6, 6.07) is 8.22. The maximum Gasteiger partial charge on any atom is 0.317 e. The van der Waals surface area contributed by atoms with Crippen molar-refractivity contribution in [3.8, 4) is 0 Å². The van der Waals surface area contributed by atoms with E-state index in [1.807, 2.05) is 25.2 Å². The molecule has 4 heteroatoms. The summed E-state index contributed by atoms with van der Waals surface area (Å²) in [6.07, 6.45) is 7.46. The second-order valence-electron chi connectivity index (χ2n) is 8.05. The summed E-state index contributed by atoms with van der Waals surface area (Å²) in [4.78, 5) is 14.5. The predicted octanol–water partition coefficient (Wildman–Crippen LogP) is 5.70. The van der Waals surface area contributed by atoms with Crippen molar-refractivity contribution in [1.82, 2.24) is 10.2 Å². The van der Waals surface area contributed by atoms with Crippen LogP contribution in [-0.4, -0.2) is 30.6 Å². The molecule has 152 valence electrons. The van der Waals surface area contributed by atoms with Gasteiger partial charge in [-0.15, -0.1) is 0 Å². The number of carbonyl (C=O) groups excluding carboxylic acids is 1. The molecule has 1 aromatic rings. The third-order valence-electron chi connectivity index (χ3n) is 5.09. The molecule has 0 spiro atoms. The molecule has 1 rings (SSSR count). The van der Waals surface area contributed by atoms with E-state index in [-0.39, 0.29) is 17.5 Å². The smallest absolute Gasteiger partial charge is 0.317 e. The van der Waals surface area contributed by atoms with Crippen molar-refractivity contribution in [2.75, 3.05) is 19.3 Å². The molecule has 2 amide bonds. The zero-order valence-corrected chi connectivity index (χ0v) is 18.1. The molecule has 0 bridgehead atoms. The van der Waals surface area contributed by atoms with E-state index >= 15 is 0 Å². The Morgan fingerprint density at radius 3 is 2.48 bits per heavy atom. The molecule has 0 aromatic heterocycles. The quantitative estimate of drug-likeness (QED) is 0.517. The lowest BCUT2D eigenvalue weighted by atomic mass is 9.78. The number of rotatable bonds is 10. The summed E-state index contributed by atoms with van der Waals surface area (Å²) in [5.41, 5.74) is 9.07. The molecule has 0 saturated heterocycles. The SMILES string of the molecule is CC/C=C(/c1ccccc1N)C(C)(C)CN(C)C(=O)NC(CC)CCCC. The molecule has 0 aliphatic heterocycles. The van der Waals surface area contributed by atoms with Gasteiger partial charge < -0.3 is 16.0 Å². The van der Waals surface area contributed by atoms with Crippen molar-refractivity contribution in [2.24, 2.45) is 5.41 Å². The van der Waals surface area contributed by atoms with E-state index in [0.717, 1.165) is 43.4 Å². The van der Waals surface area contributed by atoms with Crippen LogP contribution in [0.3, 0.4) is 0 Å². The summed E-state index contributed by atoms with van der Waals surface area (Å²) < 4.78 is 0. The second-order valence-corrected chi connectivity index (χ2v) is 8.05.